The third-order valence-corrected chi connectivity index (χ3v) is 2.63. The van der Waals surface area contributed by atoms with Gasteiger partial charge in [0.25, 0.3) is 0 Å². The molecule has 1 heterocycles. The zero-order valence-corrected chi connectivity index (χ0v) is 8.50. The SMILES string of the molecule is Oc1cc(N2CCOCC2)ccc1Cl. The minimum Gasteiger partial charge on any atom is -0.506 e. The van der Waals surface area contributed by atoms with Gasteiger partial charge in [0, 0.05) is 24.8 Å². The second-order valence-electron chi connectivity index (χ2n) is 3.24. The van der Waals surface area contributed by atoms with E-state index in [-0.39, 0.29) is 5.75 Å². The van der Waals surface area contributed by atoms with E-state index in [0.717, 1.165) is 32.0 Å². The fraction of sp³-hybridized carbons (Fsp3) is 0.400. The van der Waals surface area contributed by atoms with E-state index < -0.39 is 0 Å². The van der Waals surface area contributed by atoms with Crippen LogP contribution >= 0.6 is 11.6 Å². The van der Waals surface area contributed by atoms with Crippen molar-refractivity contribution in [3.05, 3.63) is 23.2 Å². The van der Waals surface area contributed by atoms with Crippen LogP contribution in [-0.2, 0) is 4.74 Å². The Bertz CT molecular complexity index is 324. The molecule has 1 saturated heterocycles. The van der Waals surface area contributed by atoms with Crippen molar-refractivity contribution in [2.45, 2.75) is 0 Å². The van der Waals surface area contributed by atoms with Crippen molar-refractivity contribution in [2.75, 3.05) is 31.2 Å². The van der Waals surface area contributed by atoms with E-state index in [0.29, 0.717) is 5.02 Å². The minimum atomic E-state index is 0.135. The van der Waals surface area contributed by atoms with E-state index in [9.17, 15) is 5.11 Å². The van der Waals surface area contributed by atoms with E-state index in [2.05, 4.69) is 4.90 Å². The lowest BCUT2D eigenvalue weighted by Gasteiger charge is -2.28. The molecule has 0 saturated carbocycles. The highest BCUT2D eigenvalue weighted by Gasteiger charge is 2.12. The average molecular weight is 214 g/mol. The molecule has 1 aromatic rings. The van der Waals surface area contributed by atoms with Crippen LogP contribution in [0, 0.1) is 0 Å². The molecule has 0 spiro atoms. The molecule has 3 nitrogen and oxygen atoms in total. The number of hydrogen-bond donors (Lipinski definition) is 1. The molecule has 0 bridgehead atoms. The van der Waals surface area contributed by atoms with Crippen LogP contribution in [-0.4, -0.2) is 31.4 Å². The van der Waals surface area contributed by atoms with E-state index in [1.807, 2.05) is 6.07 Å². The summed E-state index contributed by atoms with van der Waals surface area (Å²) >= 11 is 5.73. The van der Waals surface area contributed by atoms with Gasteiger partial charge in [0.2, 0.25) is 0 Å². The average Bonchev–Trinajstić information content (AvgIpc) is 2.23. The van der Waals surface area contributed by atoms with Crippen molar-refractivity contribution >= 4 is 17.3 Å². The molecule has 0 aromatic heterocycles. The van der Waals surface area contributed by atoms with E-state index in [1.54, 1.807) is 12.1 Å². The number of halogens is 1. The lowest BCUT2D eigenvalue weighted by molar-refractivity contribution is 0.122. The van der Waals surface area contributed by atoms with Crippen molar-refractivity contribution in [3.63, 3.8) is 0 Å². The molecule has 0 amide bonds. The molecule has 0 radical (unpaired) electrons. The Balaban J connectivity index is 2.18. The normalized spacial score (nSPS) is 17.1. The van der Waals surface area contributed by atoms with Gasteiger partial charge in [0.15, 0.2) is 0 Å². The first kappa shape index (κ1) is 9.62. The van der Waals surface area contributed by atoms with Crippen LogP contribution in [0.2, 0.25) is 5.02 Å². The summed E-state index contributed by atoms with van der Waals surface area (Å²) in [7, 11) is 0. The Hall–Kier alpha value is -0.930. The highest BCUT2D eigenvalue weighted by Crippen LogP contribution is 2.28. The predicted molar refractivity (Wildman–Crippen MR) is 56.1 cm³/mol. The van der Waals surface area contributed by atoms with Crippen LogP contribution in [0.4, 0.5) is 5.69 Å². The summed E-state index contributed by atoms with van der Waals surface area (Å²) in [5, 5.41) is 9.83. The number of hydrogen-bond acceptors (Lipinski definition) is 3. The second kappa shape index (κ2) is 4.07. The molecular weight excluding hydrogens is 202 g/mol. The van der Waals surface area contributed by atoms with Gasteiger partial charge in [0.05, 0.1) is 18.2 Å². The van der Waals surface area contributed by atoms with Gasteiger partial charge < -0.3 is 14.7 Å². The number of nitrogens with zero attached hydrogens (tertiary/aromatic N) is 1. The first-order valence-corrected chi connectivity index (χ1v) is 4.96. The Morgan fingerprint density at radius 1 is 1.29 bits per heavy atom. The Labute approximate surface area is 87.9 Å². The molecule has 0 atom stereocenters. The molecule has 1 fully saturated rings. The van der Waals surface area contributed by atoms with Crippen molar-refractivity contribution < 1.29 is 9.84 Å². The van der Waals surface area contributed by atoms with Gasteiger partial charge in [0.1, 0.15) is 5.75 Å². The fourth-order valence-electron chi connectivity index (χ4n) is 1.52. The Kier molecular flexibility index (Phi) is 2.79. The molecule has 1 aliphatic heterocycles. The largest absolute Gasteiger partial charge is 0.506 e. The number of morpholine rings is 1. The molecule has 14 heavy (non-hydrogen) atoms. The number of aromatic hydroxyl groups is 1. The van der Waals surface area contributed by atoms with Gasteiger partial charge in [-0.2, -0.15) is 0 Å². The quantitative estimate of drug-likeness (QED) is 0.773. The lowest BCUT2D eigenvalue weighted by atomic mass is 10.2. The maximum atomic E-state index is 9.44. The number of rotatable bonds is 1. The van der Waals surface area contributed by atoms with Gasteiger partial charge in [-0.15, -0.1) is 0 Å². The number of ether oxygens (including phenoxy) is 1. The molecule has 1 aromatic carbocycles. The van der Waals surface area contributed by atoms with Crippen LogP contribution in [0.3, 0.4) is 0 Å². The van der Waals surface area contributed by atoms with E-state index in [1.165, 1.54) is 0 Å². The van der Waals surface area contributed by atoms with Crippen LogP contribution in [0.15, 0.2) is 18.2 Å². The van der Waals surface area contributed by atoms with Gasteiger partial charge in [-0.05, 0) is 12.1 Å². The standard InChI is InChI=1S/C10H12ClNO2/c11-9-2-1-8(7-10(9)13)12-3-5-14-6-4-12/h1-2,7,13H,3-6H2. The predicted octanol–water partition coefficient (Wildman–Crippen LogP) is 1.88. The zero-order chi connectivity index (χ0) is 9.97. The van der Waals surface area contributed by atoms with Crippen LogP contribution < -0.4 is 4.90 Å². The third kappa shape index (κ3) is 1.94. The van der Waals surface area contributed by atoms with Crippen LogP contribution in [0.1, 0.15) is 0 Å². The van der Waals surface area contributed by atoms with Gasteiger partial charge in [-0.1, -0.05) is 11.6 Å². The fourth-order valence-corrected chi connectivity index (χ4v) is 1.64. The molecule has 4 heteroatoms. The van der Waals surface area contributed by atoms with Crippen molar-refractivity contribution in [1.29, 1.82) is 0 Å². The molecule has 76 valence electrons. The monoisotopic (exact) mass is 213 g/mol. The summed E-state index contributed by atoms with van der Waals surface area (Å²) < 4.78 is 5.24. The maximum absolute atomic E-state index is 9.44. The zero-order valence-electron chi connectivity index (χ0n) is 7.74. The molecule has 0 aliphatic carbocycles. The first-order valence-electron chi connectivity index (χ1n) is 4.58. The van der Waals surface area contributed by atoms with E-state index >= 15 is 0 Å². The smallest absolute Gasteiger partial charge is 0.136 e. The van der Waals surface area contributed by atoms with Gasteiger partial charge >= 0.3 is 0 Å². The topological polar surface area (TPSA) is 32.7 Å². The lowest BCUT2D eigenvalue weighted by Crippen LogP contribution is -2.36. The Morgan fingerprint density at radius 2 is 2.00 bits per heavy atom. The summed E-state index contributed by atoms with van der Waals surface area (Å²) in [4.78, 5) is 2.17. The van der Waals surface area contributed by atoms with Crippen LogP contribution in [0.5, 0.6) is 5.75 Å². The molecule has 1 aliphatic rings. The summed E-state index contributed by atoms with van der Waals surface area (Å²) in [6.45, 7) is 3.20. The van der Waals surface area contributed by atoms with E-state index in [4.69, 9.17) is 16.3 Å². The summed E-state index contributed by atoms with van der Waals surface area (Å²) in [5.41, 5.74) is 0.996. The molecular formula is C10H12ClNO2. The summed E-state index contributed by atoms with van der Waals surface area (Å²) in [6, 6.07) is 5.31. The van der Waals surface area contributed by atoms with Crippen molar-refractivity contribution in [2.24, 2.45) is 0 Å². The third-order valence-electron chi connectivity index (χ3n) is 2.31. The highest BCUT2D eigenvalue weighted by molar-refractivity contribution is 6.32. The van der Waals surface area contributed by atoms with Gasteiger partial charge in [-0.25, -0.2) is 0 Å². The Morgan fingerprint density at radius 3 is 2.64 bits per heavy atom. The van der Waals surface area contributed by atoms with Gasteiger partial charge in [-0.3, -0.25) is 0 Å². The number of benzene rings is 1. The summed E-state index contributed by atoms with van der Waals surface area (Å²) in [6.07, 6.45) is 0. The summed E-state index contributed by atoms with van der Waals surface area (Å²) in [5.74, 6) is 0.135. The molecule has 2 rings (SSSR count). The number of phenolic OH excluding ortho intramolecular Hbond substituents is 1. The molecule has 1 N–H and O–H groups in total. The second-order valence-corrected chi connectivity index (χ2v) is 3.64. The maximum Gasteiger partial charge on any atom is 0.136 e. The molecule has 0 unspecified atom stereocenters. The number of anilines is 1. The first-order chi connectivity index (χ1) is 6.77. The van der Waals surface area contributed by atoms with Crippen molar-refractivity contribution in [1.82, 2.24) is 0 Å². The van der Waals surface area contributed by atoms with Crippen LogP contribution in [0.25, 0.3) is 0 Å². The highest BCUT2D eigenvalue weighted by atomic mass is 35.5. The minimum absolute atomic E-state index is 0.135. The van der Waals surface area contributed by atoms with Crippen molar-refractivity contribution in [3.8, 4) is 5.75 Å². The number of phenols is 1.